The van der Waals surface area contributed by atoms with Gasteiger partial charge in [0.05, 0.1) is 19.5 Å². The van der Waals surface area contributed by atoms with Crippen molar-refractivity contribution in [3.05, 3.63) is 18.1 Å². The molecule has 1 heterocycles. The summed E-state index contributed by atoms with van der Waals surface area (Å²) < 4.78 is 4.53. The van der Waals surface area contributed by atoms with E-state index in [4.69, 9.17) is 0 Å². The highest BCUT2D eigenvalue weighted by atomic mass is 16.5. The van der Waals surface area contributed by atoms with Crippen molar-refractivity contribution in [3.8, 4) is 0 Å². The van der Waals surface area contributed by atoms with Gasteiger partial charge in [0.1, 0.15) is 5.82 Å². The minimum atomic E-state index is -0.471. The Morgan fingerprint density at radius 1 is 1.44 bits per heavy atom. The third-order valence-electron chi connectivity index (χ3n) is 2.07. The van der Waals surface area contributed by atoms with Crippen LogP contribution in [0, 0.1) is 5.92 Å². The van der Waals surface area contributed by atoms with Crippen LogP contribution in [0.5, 0.6) is 0 Å². The van der Waals surface area contributed by atoms with Gasteiger partial charge >= 0.3 is 5.97 Å². The predicted molar refractivity (Wildman–Crippen MR) is 61.3 cm³/mol. The number of ether oxygens (including phenoxy) is 1. The summed E-state index contributed by atoms with van der Waals surface area (Å²) >= 11 is 0. The lowest BCUT2D eigenvalue weighted by Gasteiger charge is -2.07. The smallest absolute Gasteiger partial charge is 0.358 e. The van der Waals surface area contributed by atoms with E-state index in [1.54, 1.807) is 0 Å². The molecular weight excluding hydrogens is 206 g/mol. The van der Waals surface area contributed by atoms with E-state index in [0.717, 1.165) is 13.0 Å². The van der Waals surface area contributed by atoms with E-state index in [-0.39, 0.29) is 5.69 Å². The Kier molecular flexibility index (Phi) is 4.69. The van der Waals surface area contributed by atoms with Crippen molar-refractivity contribution in [3.63, 3.8) is 0 Å². The van der Waals surface area contributed by atoms with E-state index in [1.165, 1.54) is 19.5 Å². The van der Waals surface area contributed by atoms with Gasteiger partial charge in [0.2, 0.25) is 0 Å². The maximum atomic E-state index is 11.1. The van der Waals surface area contributed by atoms with Gasteiger partial charge in [-0.15, -0.1) is 0 Å². The molecule has 0 radical (unpaired) electrons. The molecule has 0 saturated carbocycles. The van der Waals surface area contributed by atoms with E-state index >= 15 is 0 Å². The molecule has 1 N–H and O–H groups in total. The average Bonchev–Trinajstić information content (AvgIpc) is 2.28. The molecular formula is C11H17N3O2. The number of hydrogen-bond donors (Lipinski definition) is 1. The van der Waals surface area contributed by atoms with Crippen molar-refractivity contribution in [2.75, 3.05) is 19.0 Å². The summed E-state index contributed by atoms with van der Waals surface area (Å²) in [5.74, 6) is 0.851. The molecule has 5 heteroatoms. The minimum Gasteiger partial charge on any atom is -0.464 e. The number of aromatic nitrogens is 2. The summed E-state index contributed by atoms with van der Waals surface area (Å²) in [5.41, 5.74) is 0.219. The van der Waals surface area contributed by atoms with Gasteiger partial charge in [0.15, 0.2) is 5.69 Å². The molecule has 0 atom stereocenters. The molecule has 88 valence electrons. The molecule has 0 amide bonds. The Bertz CT molecular complexity index is 336. The number of esters is 1. The molecule has 1 rings (SSSR count). The van der Waals surface area contributed by atoms with Gasteiger partial charge < -0.3 is 10.1 Å². The molecule has 16 heavy (non-hydrogen) atoms. The Balaban J connectivity index is 2.48. The van der Waals surface area contributed by atoms with Crippen LogP contribution in [-0.4, -0.2) is 29.6 Å². The Morgan fingerprint density at radius 3 is 2.69 bits per heavy atom. The number of nitrogens with one attached hydrogen (secondary N) is 1. The number of anilines is 1. The van der Waals surface area contributed by atoms with Crippen molar-refractivity contribution >= 4 is 11.8 Å². The Hall–Kier alpha value is -1.65. The normalized spacial score (nSPS) is 10.2. The van der Waals surface area contributed by atoms with Crippen LogP contribution in [0.3, 0.4) is 0 Å². The maximum Gasteiger partial charge on any atom is 0.358 e. The van der Waals surface area contributed by atoms with Crippen LogP contribution in [0.4, 0.5) is 5.82 Å². The fourth-order valence-electron chi connectivity index (χ4n) is 1.12. The van der Waals surface area contributed by atoms with Crippen molar-refractivity contribution < 1.29 is 9.53 Å². The van der Waals surface area contributed by atoms with Crippen LogP contribution >= 0.6 is 0 Å². The molecule has 5 nitrogen and oxygen atoms in total. The highest BCUT2D eigenvalue weighted by Crippen LogP contribution is 2.04. The molecule has 0 saturated heterocycles. The number of rotatable bonds is 5. The first-order valence-corrected chi connectivity index (χ1v) is 5.27. The number of nitrogens with zero attached hydrogens (tertiary/aromatic N) is 2. The summed E-state index contributed by atoms with van der Waals surface area (Å²) in [6, 6.07) is 0. The van der Waals surface area contributed by atoms with Gasteiger partial charge in [-0.1, -0.05) is 13.8 Å². The molecule has 0 aliphatic heterocycles. The molecule has 1 aromatic rings. The SMILES string of the molecule is COC(=O)c1cnc(NCCC(C)C)cn1. The lowest BCUT2D eigenvalue weighted by molar-refractivity contribution is 0.0593. The van der Waals surface area contributed by atoms with Crippen LogP contribution in [-0.2, 0) is 4.74 Å². The molecule has 0 aromatic carbocycles. The second-order valence-electron chi connectivity index (χ2n) is 3.89. The monoisotopic (exact) mass is 223 g/mol. The fourth-order valence-corrected chi connectivity index (χ4v) is 1.12. The number of methoxy groups -OCH3 is 1. The highest BCUT2D eigenvalue weighted by molar-refractivity contribution is 5.86. The summed E-state index contributed by atoms with van der Waals surface area (Å²) in [7, 11) is 1.32. The Morgan fingerprint density at radius 2 is 2.19 bits per heavy atom. The van der Waals surface area contributed by atoms with Crippen LogP contribution < -0.4 is 5.32 Å². The first kappa shape index (κ1) is 12.4. The number of carbonyl (C=O) groups is 1. The molecule has 0 fully saturated rings. The first-order chi connectivity index (χ1) is 7.63. The average molecular weight is 223 g/mol. The van der Waals surface area contributed by atoms with Crippen LogP contribution in [0.1, 0.15) is 30.8 Å². The topological polar surface area (TPSA) is 64.1 Å². The quantitative estimate of drug-likeness (QED) is 0.770. The maximum absolute atomic E-state index is 11.1. The van der Waals surface area contributed by atoms with Crippen molar-refractivity contribution in [1.82, 2.24) is 9.97 Å². The lowest BCUT2D eigenvalue weighted by atomic mass is 10.1. The predicted octanol–water partition coefficient (Wildman–Crippen LogP) is 1.72. The third kappa shape index (κ3) is 3.84. The van der Waals surface area contributed by atoms with Gasteiger partial charge in [-0.25, -0.2) is 14.8 Å². The van der Waals surface area contributed by atoms with Crippen molar-refractivity contribution in [2.45, 2.75) is 20.3 Å². The van der Waals surface area contributed by atoms with E-state index < -0.39 is 5.97 Å². The van der Waals surface area contributed by atoms with Gasteiger partial charge in [0, 0.05) is 6.54 Å². The zero-order valence-electron chi connectivity index (χ0n) is 9.86. The third-order valence-corrected chi connectivity index (χ3v) is 2.07. The molecule has 0 unspecified atom stereocenters. The molecule has 0 aliphatic carbocycles. The summed E-state index contributed by atoms with van der Waals surface area (Å²) in [4.78, 5) is 19.1. The van der Waals surface area contributed by atoms with Gasteiger partial charge in [-0.05, 0) is 12.3 Å². The van der Waals surface area contributed by atoms with Gasteiger partial charge in [-0.3, -0.25) is 0 Å². The van der Waals surface area contributed by atoms with Crippen LogP contribution in [0.2, 0.25) is 0 Å². The van der Waals surface area contributed by atoms with Crippen LogP contribution in [0.25, 0.3) is 0 Å². The summed E-state index contributed by atoms with van der Waals surface area (Å²) in [6.07, 6.45) is 4.01. The van der Waals surface area contributed by atoms with E-state index in [9.17, 15) is 4.79 Å². The van der Waals surface area contributed by atoms with E-state index in [1.807, 2.05) is 0 Å². The molecule has 0 spiro atoms. The summed E-state index contributed by atoms with van der Waals surface area (Å²) in [5, 5.41) is 3.13. The largest absolute Gasteiger partial charge is 0.464 e. The Labute approximate surface area is 95.3 Å². The van der Waals surface area contributed by atoms with Gasteiger partial charge in [0.25, 0.3) is 0 Å². The number of hydrogen-bond acceptors (Lipinski definition) is 5. The van der Waals surface area contributed by atoms with Gasteiger partial charge in [-0.2, -0.15) is 0 Å². The minimum absolute atomic E-state index is 0.219. The van der Waals surface area contributed by atoms with Crippen molar-refractivity contribution in [2.24, 2.45) is 5.92 Å². The second-order valence-corrected chi connectivity index (χ2v) is 3.89. The second kappa shape index (κ2) is 6.05. The first-order valence-electron chi connectivity index (χ1n) is 5.27. The standard InChI is InChI=1S/C11H17N3O2/c1-8(2)4-5-12-10-7-13-9(6-14-10)11(15)16-3/h6-8H,4-5H2,1-3H3,(H,12,14). The zero-order chi connectivity index (χ0) is 12.0. The summed E-state index contributed by atoms with van der Waals surface area (Å²) in [6.45, 7) is 5.17. The lowest BCUT2D eigenvalue weighted by Crippen LogP contribution is -2.09. The molecule has 1 aromatic heterocycles. The highest BCUT2D eigenvalue weighted by Gasteiger charge is 2.06. The molecule has 0 bridgehead atoms. The number of carbonyl (C=O) groups excluding carboxylic acids is 1. The molecule has 0 aliphatic rings. The van der Waals surface area contributed by atoms with E-state index in [2.05, 4.69) is 33.9 Å². The zero-order valence-corrected chi connectivity index (χ0v) is 9.86. The van der Waals surface area contributed by atoms with Crippen molar-refractivity contribution in [1.29, 1.82) is 0 Å². The van der Waals surface area contributed by atoms with E-state index in [0.29, 0.717) is 11.7 Å². The fraction of sp³-hybridized carbons (Fsp3) is 0.545. The van der Waals surface area contributed by atoms with Crippen LogP contribution in [0.15, 0.2) is 12.4 Å².